The molecule has 0 fully saturated rings. The minimum absolute atomic E-state index is 0.0419. The Hall–Kier alpha value is -1.87. The molecule has 0 atom stereocenters. The van der Waals surface area contributed by atoms with Gasteiger partial charge in [0.2, 0.25) is 4.96 Å². The zero-order chi connectivity index (χ0) is 14.5. The van der Waals surface area contributed by atoms with Crippen molar-refractivity contribution in [2.45, 2.75) is 6.18 Å². The molecule has 20 heavy (non-hydrogen) atoms. The lowest BCUT2D eigenvalue weighted by atomic mass is 10.2. The molecule has 2 N–H and O–H groups in total. The van der Waals surface area contributed by atoms with Gasteiger partial charge in [0.1, 0.15) is 5.01 Å². The third-order valence-electron chi connectivity index (χ3n) is 2.47. The Morgan fingerprint density at radius 3 is 2.65 bits per heavy atom. The van der Waals surface area contributed by atoms with Crippen molar-refractivity contribution in [3.05, 3.63) is 29.0 Å². The monoisotopic (exact) mass is 319 g/mol. The first-order chi connectivity index (χ1) is 9.36. The normalized spacial score (nSPS) is 12.2. The van der Waals surface area contributed by atoms with Gasteiger partial charge in [-0.2, -0.15) is 22.8 Å². The van der Waals surface area contributed by atoms with Crippen LogP contribution in [0.1, 0.15) is 5.82 Å². The van der Waals surface area contributed by atoms with Crippen LogP contribution in [0.5, 0.6) is 0 Å². The summed E-state index contributed by atoms with van der Waals surface area (Å²) >= 11 is 6.97. The van der Waals surface area contributed by atoms with Gasteiger partial charge < -0.3 is 5.73 Å². The van der Waals surface area contributed by atoms with Crippen molar-refractivity contribution in [2.75, 3.05) is 5.73 Å². The van der Waals surface area contributed by atoms with E-state index >= 15 is 0 Å². The van der Waals surface area contributed by atoms with E-state index in [1.807, 2.05) is 0 Å². The lowest BCUT2D eigenvalue weighted by Crippen LogP contribution is -2.11. The van der Waals surface area contributed by atoms with E-state index in [0.717, 1.165) is 11.3 Å². The maximum atomic E-state index is 12.7. The highest BCUT2D eigenvalue weighted by atomic mass is 35.5. The van der Waals surface area contributed by atoms with E-state index in [0.29, 0.717) is 25.8 Å². The molecular formula is C10H5ClF3N5S. The maximum absolute atomic E-state index is 12.7. The highest BCUT2D eigenvalue weighted by Crippen LogP contribution is 2.34. The fraction of sp³-hybridized carbons (Fsp3) is 0.100. The van der Waals surface area contributed by atoms with Crippen molar-refractivity contribution in [2.24, 2.45) is 0 Å². The van der Waals surface area contributed by atoms with Gasteiger partial charge in [0.15, 0.2) is 0 Å². The molecular weight excluding hydrogens is 315 g/mol. The van der Waals surface area contributed by atoms with E-state index in [4.69, 9.17) is 17.3 Å². The average molecular weight is 320 g/mol. The predicted octanol–water partition coefficient (Wildman–Crippen LogP) is 3.11. The average Bonchev–Trinajstić information content (AvgIpc) is 2.86. The second-order valence-corrected chi connectivity index (χ2v) is 5.23. The molecule has 0 bridgehead atoms. The van der Waals surface area contributed by atoms with Gasteiger partial charge >= 0.3 is 6.18 Å². The van der Waals surface area contributed by atoms with Crippen LogP contribution in [0.25, 0.3) is 15.5 Å². The van der Waals surface area contributed by atoms with Crippen LogP contribution in [0, 0.1) is 0 Å². The standard InChI is InChI=1S/C10H5ClF3N5S/c11-6-3-4(15)1-2-5(6)7-18-19-8(10(12,13)14)16-17-9(19)20-7/h1-3H,15H2. The van der Waals surface area contributed by atoms with Crippen LogP contribution < -0.4 is 5.73 Å². The molecule has 0 aliphatic carbocycles. The first-order valence-electron chi connectivity index (χ1n) is 5.21. The number of nitrogens with zero attached hydrogens (tertiary/aromatic N) is 4. The number of nitrogen functional groups attached to an aromatic ring is 1. The number of rotatable bonds is 1. The van der Waals surface area contributed by atoms with Crippen molar-refractivity contribution in [1.82, 2.24) is 19.8 Å². The molecule has 0 radical (unpaired) electrons. The zero-order valence-corrected chi connectivity index (χ0v) is 11.1. The second kappa shape index (κ2) is 4.32. The van der Waals surface area contributed by atoms with Gasteiger partial charge in [-0.15, -0.1) is 10.2 Å². The summed E-state index contributed by atoms with van der Waals surface area (Å²) in [4.78, 5) is 0.0419. The maximum Gasteiger partial charge on any atom is 0.453 e. The largest absolute Gasteiger partial charge is 0.453 e. The van der Waals surface area contributed by atoms with Crippen molar-refractivity contribution >= 4 is 33.6 Å². The van der Waals surface area contributed by atoms with Crippen LogP contribution in [0.15, 0.2) is 18.2 Å². The number of benzene rings is 1. The van der Waals surface area contributed by atoms with Crippen molar-refractivity contribution in [1.29, 1.82) is 0 Å². The fourth-order valence-electron chi connectivity index (χ4n) is 1.61. The number of nitrogens with two attached hydrogens (primary N) is 1. The molecule has 10 heteroatoms. The Morgan fingerprint density at radius 1 is 1.25 bits per heavy atom. The Bertz CT molecular complexity index is 794. The van der Waals surface area contributed by atoms with E-state index in [1.54, 1.807) is 12.1 Å². The van der Waals surface area contributed by atoms with Crippen LogP contribution in [-0.2, 0) is 6.18 Å². The van der Waals surface area contributed by atoms with E-state index in [1.165, 1.54) is 6.07 Å². The SMILES string of the molecule is Nc1ccc(-c2nn3c(C(F)(F)F)nnc3s2)c(Cl)c1. The molecule has 0 saturated carbocycles. The molecule has 2 aromatic heterocycles. The minimum atomic E-state index is -4.62. The van der Waals surface area contributed by atoms with Gasteiger partial charge in [0.05, 0.1) is 5.02 Å². The number of halogens is 4. The quantitative estimate of drug-likeness (QED) is 0.700. The summed E-state index contributed by atoms with van der Waals surface area (Å²) in [6, 6.07) is 4.69. The van der Waals surface area contributed by atoms with Crippen LogP contribution in [-0.4, -0.2) is 19.8 Å². The Kier molecular flexibility index (Phi) is 2.83. The van der Waals surface area contributed by atoms with Crippen LogP contribution in [0.3, 0.4) is 0 Å². The van der Waals surface area contributed by atoms with Crippen LogP contribution >= 0.6 is 22.9 Å². The summed E-state index contributed by atoms with van der Waals surface area (Å²) in [5.41, 5.74) is 6.51. The third-order valence-corrected chi connectivity index (χ3v) is 3.71. The first-order valence-corrected chi connectivity index (χ1v) is 6.40. The van der Waals surface area contributed by atoms with Gasteiger partial charge in [-0.05, 0) is 18.2 Å². The summed E-state index contributed by atoms with van der Waals surface area (Å²) in [7, 11) is 0. The first kappa shape index (κ1) is 13.1. The van der Waals surface area contributed by atoms with Gasteiger partial charge in [-0.25, -0.2) is 0 Å². The number of alkyl halides is 3. The second-order valence-electron chi connectivity index (χ2n) is 3.86. The van der Waals surface area contributed by atoms with E-state index in [2.05, 4.69) is 15.3 Å². The predicted molar refractivity (Wildman–Crippen MR) is 68.5 cm³/mol. The molecule has 2 heterocycles. The Morgan fingerprint density at radius 2 is 2.00 bits per heavy atom. The van der Waals surface area contributed by atoms with Gasteiger partial charge in [0.25, 0.3) is 5.82 Å². The number of hydrogen-bond donors (Lipinski definition) is 1. The fourth-order valence-corrected chi connectivity index (χ4v) is 2.82. The number of anilines is 1. The molecule has 104 valence electrons. The van der Waals surface area contributed by atoms with Gasteiger partial charge in [-0.3, -0.25) is 0 Å². The lowest BCUT2D eigenvalue weighted by molar-refractivity contribution is -0.146. The van der Waals surface area contributed by atoms with E-state index in [9.17, 15) is 13.2 Å². The minimum Gasteiger partial charge on any atom is -0.399 e. The Labute approximate surface area is 118 Å². The molecule has 0 saturated heterocycles. The van der Waals surface area contributed by atoms with Crippen molar-refractivity contribution in [3.8, 4) is 10.6 Å². The van der Waals surface area contributed by atoms with Gasteiger partial charge in [-0.1, -0.05) is 22.9 Å². The van der Waals surface area contributed by atoms with Crippen LogP contribution in [0.4, 0.5) is 18.9 Å². The van der Waals surface area contributed by atoms with E-state index < -0.39 is 12.0 Å². The van der Waals surface area contributed by atoms with Crippen molar-refractivity contribution < 1.29 is 13.2 Å². The van der Waals surface area contributed by atoms with Crippen molar-refractivity contribution in [3.63, 3.8) is 0 Å². The molecule has 0 aliphatic heterocycles. The van der Waals surface area contributed by atoms with E-state index in [-0.39, 0.29) is 4.96 Å². The zero-order valence-electron chi connectivity index (χ0n) is 9.52. The summed E-state index contributed by atoms with van der Waals surface area (Å²) in [6.07, 6.45) is -4.62. The summed E-state index contributed by atoms with van der Waals surface area (Å²) in [6.45, 7) is 0. The summed E-state index contributed by atoms with van der Waals surface area (Å²) in [5, 5.41) is 11.0. The molecule has 3 rings (SSSR count). The Balaban J connectivity index is 2.16. The molecule has 3 aromatic rings. The highest BCUT2D eigenvalue weighted by molar-refractivity contribution is 7.19. The molecule has 0 spiro atoms. The third kappa shape index (κ3) is 2.08. The summed E-state index contributed by atoms with van der Waals surface area (Å²) in [5.74, 6) is -1.17. The lowest BCUT2D eigenvalue weighted by Gasteiger charge is -2.02. The molecule has 0 unspecified atom stereocenters. The summed E-state index contributed by atoms with van der Waals surface area (Å²) < 4.78 is 38.7. The van der Waals surface area contributed by atoms with Crippen LogP contribution in [0.2, 0.25) is 5.02 Å². The number of fused-ring (bicyclic) bond motifs is 1. The molecule has 0 aliphatic rings. The number of aromatic nitrogens is 4. The highest BCUT2D eigenvalue weighted by Gasteiger charge is 2.38. The molecule has 0 amide bonds. The molecule has 1 aromatic carbocycles. The van der Waals surface area contributed by atoms with Gasteiger partial charge in [0, 0.05) is 11.3 Å². The number of hydrogen-bond acceptors (Lipinski definition) is 5. The topological polar surface area (TPSA) is 69.1 Å². The smallest absolute Gasteiger partial charge is 0.399 e. The molecule has 5 nitrogen and oxygen atoms in total.